The van der Waals surface area contributed by atoms with Crippen LogP contribution in [0.2, 0.25) is 0 Å². The Morgan fingerprint density at radius 3 is 2.95 bits per heavy atom. The zero-order chi connectivity index (χ0) is 15.0. The second-order valence-electron chi connectivity index (χ2n) is 6.62. The molecule has 114 valence electrons. The molecule has 0 aliphatic carbocycles. The molecule has 0 bridgehead atoms. The summed E-state index contributed by atoms with van der Waals surface area (Å²) in [6.45, 7) is 8.35. The SMILES string of the molecule is CC(C)CC1(C)CNCC(c2cc3cc(Br)ccc3o2)O1. The first-order chi connectivity index (χ1) is 9.95. The molecule has 1 saturated heterocycles. The first-order valence-electron chi connectivity index (χ1n) is 7.53. The number of hydrogen-bond acceptors (Lipinski definition) is 3. The smallest absolute Gasteiger partial charge is 0.135 e. The highest BCUT2D eigenvalue weighted by Crippen LogP contribution is 2.34. The molecule has 1 aromatic heterocycles. The largest absolute Gasteiger partial charge is 0.458 e. The Kier molecular flexibility index (Phi) is 4.12. The minimum atomic E-state index is -0.128. The molecule has 0 saturated carbocycles. The second-order valence-corrected chi connectivity index (χ2v) is 7.53. The first-order valence-corrected chi connectivity index (χ1v) is 8.32. The number of benzene rings is 1. The average Bonchev–Trinajstić information content (AvgIpc) is 2.80. The highest BCUT2D eigenvalue weighted by molar-refractivity contribution is 9.10. The van der Waals surface area contributed by atoms with Gasteiger partial charge in [-0.1, -0.05) is 29.8 Å². The number of fused-ring (bicyclic) bond motifs is 1. The van der Waals surface area contributed by atoms with E-state index in [1.54, 1.807) is 0 Å². The summed E-state index contributed by atoms with van der Waals surface area (Å²) in [6, 6.07) is 8.16. The zero-order valence-corrected chi connectivity index (χ0v) is 14.4. The molecule has 4 heteroatoms. The van der Waals surface area contributed by atoms with Crippen molar-refractivity contribution in [2.24, 2.45) is 5.92 Å². The van der Waals surface area contributed by atoms with Crippen molar-refractivity contribution in [3.05, 3.63) is 34.5 Å². The summed E-state index contributed by atoms with van der Waals surface area (Å²) in [6.07, 6.45) is 1.02. The second kappa shape index (κ2) is 5.75. The van der Waals surface area contributed by atoms with Crippen molar-refractivity contribution in [3.63, 3.8) is 0 Å². The summed E-state index contributed by atoms with van der Waals surface area (Å²) in [5.74, 6) is 1.52. The van der Waals surface area contributed by atoms with Crippen LogP contribution >= 0.6 is 15.9 Å². The third kappa shape index (κ3) is 3.33. The molecule has 1 aliphatic rings. The summed E-state index contributed by atoms with van der Waals surface area (Å²) in [7, 11) is 0. The van der Waals surface area contributed by atoms with Gasteiger partial charge in [-0.2, -0.15) is 0 Å². The topological polar surface area (TPSA) is 34.4 Å². The number of furan rings is 1. The lowest BCUT2D eigenvalue weighted by atomic mass is 9.92. The molecular formula is C17H22BrNO2. The maximum Gasteiger partial charge on any atom is 0.135 e. The third-order valence-corrected chi connectivity index (χ3v) is 4.40. The van der Waals surface area contributed by atoms with Gasteiger partial charge in [0.15, 0.2) is 0 Å². The summed E-state index contributed by atoms with van der Waals surface area (Å²) in [5, 5.41) is 4.60. The standard InChI is InChI=1S/C17H22BrNO2/c1-11(2)8-17(3)10-19-9-16(21-17)15-7-12-6-13(18)4-5-14(12)20-15/h4-7,11,16,19H,8-10H2,1-3H3. The van der Waals surface area contributed by atoms with Crippen molar-refractivity contribution in [2.75, 3.05) is 13.1 Å². The predicted octanol–water partition coefficient (Wildman–Crippen LogP) is 4.66. The molecule has 1 aromatic carbocycles. The molecule has 2 atom stereocenters. The Morgan fingerprint density at radius 2 is 2.19 bits per heavy atom. The van der Waals surface area contributed by atoms with Gasteiger partial charge in [0.1, 0.15) is 17.4 Å². The monoisotopic (exact) mass is 351 g/mol. The molecule has 0 spiro atoms. The highest BCUT2D eigenvalue weighted by Gasteiger charge is 2.35. The van der Waals surface area contributed by atoms with E-state index in [0.717, 1.165) is 40.7 Å². The average molecular weight is 352 g/mol. The van der Waals surface area contributed by atoms with Crippen molar-refractivity contribution in [1.82, 2.24) is 5.32 Å². The van der Waals surface area contributed by atoms with E-state index in [1.165, 1.54) is 0 Å². The van der Waals surface area contributed by atoms with Crippen LogP contribution in [-0.2, 0) is 4.74 Å². The normalized spacial score (nSPS) is 26.6. The minimum absolute atomic E-state index is 0.0197. The fourth-order valence-electron chi connectivity index (χ4n) is 3.23. The number of ether oxygens (including phenoxy) is 1. The van der Waals surface area contributed by atoms with Gasteiger partial charge in [0.25, 0.3) is 0 Å². The Morgan fingerprint density at radius 1 is 1.38 bits per heavy atom. The van der Waals surface area contributed by atoms with Crippen LogP contribution in [0.25, 0.3) is 11.0 Å². The van der Waals surface area contributed by atoms with Gasteiger partial charge in [0, 0.05) is 22.9 Å². The zero-order valence-electron chi connectivity index (χ0n) is 12.8. The number of rotatable bonds is 3. The van der Waals surface area contributed by atoms with Crippen LogP contribution in [-0.4, -0.2) is 18.7 Å². The van der Waals surface area contributed by atoms with Gasteiger partial charge >= 0.3 is 0 Å². The van der Waals surface area contributed by atoms with E-state index in [4.69, 9.17) is 9.15 Å². The molecule has 0 radical (unpaired) electrons. The number of nitrogens with one attached hydrogen (secondary N) is 1. The van der Waals surface area contributed by atoms with Crippen LogP contribution in [0.15, 0.2) is 33.2 Å². The van der Waals surface area contributed by atoms with Crippen LogP contribution in [0.4, 0.5) is 0 Å². The van der Waals surface area contributed by atoms with E-state index in [-0.39, 0.29) is 11.7 Å². The van der Waals surface area contributed by atoms with E-state index >= 15 is 0 Å². The van der Waals surface area contributed by atoms with Gasteiger partial charge < -0.3 is 14.5 Å². The van der Waals surface area contributed by atoms with E-state index in [2.05, 4.69) is 54.2 Å². The van der Waals surface area contributed by atoms with E-state index in [1.807, 2.05) is 12.1 Å². The molecule has 1 fully saturated rings. The summed E-state index contributed by atoms with van der Waals surface area (Å²) < 4.78 is 13.4. The van der Waals surface area contributed by atoms with Crippen molar-refractivity contribution < 1.29 is 9.15 Å². The number of hydrogen-bond donors (Lipinski definition) is 1. The fraction of sp³-hybridized carbons (Fsp3) is 0.529. The highest BCUT2D eigenvalue weighted by atomic mass is 79.9. The lowest BCUT2D eigenvalue weighted by Gasteiger charge is -2.39. The number of morpholine rings is 1. The molecule has 3 rings (SSSR count). The molecular weight excluding hydrogens is 330 g/mol. The number of halogens is 1. The van der Waals surface area contributed by atoms with Crippen LogP contribution in [0.1, 0.15) is 39.1 Å². The Labute approximate surface area is 134 Å². The summed E-state index contributed by atoms with van der Waals surface area (Å²) >= 11 is 3.50. The van der Waals surface area contributed by atoms with Crippen LogP contribution in [0.5, 0.6) is 0 Å². The van der Waals surface area contributed by atoms with Crippen molar-refractivity contribution in [1.29, 1.82) is 0 Å². The summed E-state index contributed by atoms with van der Waals surface area (Å²) in [4.78, 5) is 0. The molecule has 1 aliphatic heterocycles. The van der Waals surface area contributed by atoms with Crippen LogP contribution in [0.3, 0.4) is 0 Å². The third-order valence-electron chi connectivity index (χ3n) is 3.91. The first kappa shape index (κ1) is 15.1. The fourth-order valence-corrected chi connectivity index (χ4v) is 3.61. The minimum Gasteiger partial charge on any atom is -0.458 e. The Bertz CT molecular complexity index is 637. The van der Waals surface area contributed by atoms with Crippen molar-refractivity contribution in [2.45, 2.75) is 38.9 Å². The van der Waals surface area contributed by atoms with Gasteiger partial charge in [-0.3, -0.25) is 0 Å². The van der Waals surface area contributed by atoms with Crippen LogP contribution in [0, 0.1) is 5.92 Å². The maximum atomic E-state index is 6.36. The quantitative estimate of drug-likeness (QED) is 0.872. The lowest BCUT2D eigenvalue weighted by Crippen LogP contribution is -2.49. The molecule has 1 N–H and O–H groups in total. The van der Waals surface area contributed by atoms with Gasteiger partial charge in [-0.05, 0) is 43.5 Å². The van der Waals surface area contributed by atoms with E-state index in [0.29, 0.717) is 5.92 Å². The molecule has 21 heavy (non-hydrogen) atoms. The Balaban J connectivity index is 1.84. The summed E-state index contributed by atoms with van der Waals surface area (Å²) in [5.41, 5.74) is 0.782. The molecule has 2 heterocycles. The van der Waals surface area contributed by atoms with Gasteiger partial charge in [-0.15, -0.1) is 0 Å². The van der Waals surface area contributed by atoms with Gasteiger partial charge in [0.2, 0.25) is 0 Å². The predicted molar refractivity (Wildman–Crippen MR) is 88.5 cm³/mol. The van der Waals surface area contributed by atoms with Crippen LogP contribution < -0.4 is 5.32 Å². The Hall–Kier alpha value is -0.840. The molecule has 0 amide bonds. The van der Waals surface area contributed by atoms with E-state index < -0.39 is 0 Å². The van der Waals surface area contributed by atoms with Crippen molar-refractivity contribution >= 4 is 26.9 Å². The molecule has 2 unspecified atom stereocenters. The van der Waals surface area contributed by atoms with E-state index in [9.17, 15) is 0 Å². The van der Waals surface area contributed by atoms with Crippen molar-refractivity contribution in [3.8, 4) is 0 Å². The van der Waals surface area contributed by atoms with Gasteiger partial charge in [-0.25, -0.2) is 0 Å². The molecule has 3 nitrogen and oxygen atoms in total. The lowest BCUT2D eigenvalue weighted by molar-refractivity contribution is -0.123. The van der Waals surface area contributed by atoms with Gasteiger partial charge in [0.05, 0.1) is 5.60 Å². The molecule has 2 aromatic rings. The maximum absolute atomic E-state index is 6.36.